The number of carbonyl (C=O) groups excluding carboxylic acids is 1. The lowest BCUT2D eigenvalue weighted by Crippen LogP contribution is -2.40. The molecule has 3 N–H and O–H groups in total. The standard InChI is InChI=1S/C21H26N4OS.HI/c1-3-22-21(23-13-15-8-10-17(27-2)11-9-15)24-14-16-12-20(26)25-19-7-5-4-6-18(16)19;/h4-11,16H,3,12-14H2,1-2H3,(H,25,26)(H2,22,23,24);1H. The Labute approximate surface area is 188 Å². The molecular weight excluding hydrogens is 483 g/mol. The zero-order valence-corrected chi connectivity index (χ0v) is 19.3. The number of thioether (sulfide) groups is 1. The molecule has 1 atom stereocenters. The van der Waals surface area contributed by atoms with Gasteiger partial charge in [0.25, 0.3) is 0 Å². The molecule has 1 amide bonds. The molecule has 1 aliphatic heterocycles. The molecule has 5 nitrogen and oxygen atoms in total. The number of hydrogen-bond acceptors (Lipinski definition) is 3. The van der Waals surface area contributed by atoms with Crippen LogP contribution in [0.5, 0.6) is 0 Å². The van der Waals surface area contributed by atoms with Crippen LogP contribution < -0.4 is 16.0 Å². The van der Waals surface area contributed by atoms with Crippen molar-refractivity contribution in [3.05, 3.63) is 59.7 Å². The Morgan fingerprint density at radius 3 is 2.64 bits per heavy atom. The van der Waals surface area contributed by atoms with E-state index in [1.165, 1.54) is 16.0 Å². The number of amides is 1. The number of aliphatic imine (C=N–C) groups is 1. The number of guanidine groups is 1. The second-order valence-electron chi connectivity index (χ2n) is 6.46. The van der Waals surface area contributed by atoms with Crippen LogP contribution in [0.2, 0.25) is 0 Å². The Hall–Kier alpha value is -1.74. The van der Waals surface area contributed by atoms with Gasteiger partial charge in [-0.1, -0.05) is 30.3 Å². The molecule has 0 saturated carbocycles. The second kappa shape index (κ2) is 11.3. The van der Waals surface area contributed by atoms with Crippen LogP contribution in [0.4, 0.5) is 5.69 Å². The van der Waals surface area contributed by atoms with Gasteiger partial charge in [-0.2, -0.15) is 0 Å². The molecule has 0 fully saturated rings. The maximum Gasteiger partial charge on any atom is 0.225 e. The van der Waals surface area contributed by atoms with Crippen LogP contribution in [0.25, 0.3) is 0 Å². The van der Waals surface area contributed by atoms with Crippen molar-refractivity contribution in [1.82, 2.24) is 10.6 Å². The summed E-state index contributed by atoms with van der Waals surface area (Å²) in [7, 11) is 0. The fourth-order valence-electron chi connectivity index (χ4n) is 3.15. The molecule has 3 rings (SSSR count). The van der Waals surface area contributed by atoms with Gasteiger partial charge in [-0.3, -0.25) is 4.79 Å². The summed E-state index contributed by atoms with van der Waals surface area (Å²) in [5.74, 6) is 0.978. The first kappa shape index (κ1) is 22.5. The van der Waals surface area contributed by atoms with E-state index in [0.717, 1.165) is 18.2 Å². The summed E-state index contributed by atoms with van der Waals surface area (Å²) in [6.07, 6.45) is 2.56. The molecule has 2 aromatic carbocycles. The van der Waals surface area contributed by atoms with E-state index in [9.17, 15) is 4.79 Å². The molecule has 0 aromatic heterocycles. The van der Waals surface area contributed by atoms with Crippen molar-refractivity contribution in [2.45, 2.75) is 30.7 Å². The van der Waals surface area contributed by atoms with E-state index in [4.69, 9.17) is 0 Å². The quantitative estimate of drug-likeness (QED) is 0.236. The third-order valence-corrected chi connectivity index (χ3v) is 5.29. The van der Waals surface area contributed by atoms with Crippen LogP contribution >= 0.6 is 35.7 Å². The van der Waals surface area contributed by atoms with Gasteiger partial charge in [0, 0.05) is 36.0 Å². The van der Waals surface area contributed by atoms with Crippen LogP contribution in [0.1, 0.15) is 30.4 Å². The molecule has 0 bridgehead atoms. The smallest absolute Gasteiger partial charge is 0.225 e. The van der Waals surface area contributed by atoms with Crippen molar-refractivity contribution < 1.29 is 4.79 Å². The van der Waals surface area contributed by atoms with Crippen LogP contribution in [0, 0.1) is 0 Å². The van der Waals surface area contributed by atoms with Gasteiger partial charge in [0.15, 0.2) is 5.96 Å². The normalized spacial score (nSPS) is 15.9. The molecule has 2 aromatic rings. The Bertz CT molecular complexity index is 810. The number of benzene rings is 2. The third kappa shape index (κ3) is 6.13. The number of halogens is 1. The van der Waals surface area contributed by atoms with E-state index < -0.39 is 0 Å². The average Bonchev–Trinajstić information content (AvgIpc) is 2.70. The zero-order chi connectivity index (χ0) is 19.1. The molecule has 1 unspecified atom stereocenters. The summed E-state index contributed by atoms with van der Waals surface area (Å²) in [6.45, 7) is 4.13. The first-order chi connectivity index (χ1) is 13.2. The minimum Gasteiger partial charge on any atom is -0.357 e. The minimum atomic E-state index is 0. The molecule has 1 heterocycles. The number of rotatable bonds is 6. The molecule has 0 spiro atoms. The fourth-order valence-corrected chi connectivity index (χ4v) is 3.56. The lowest BCUT2D eigenvalue weighted by atomic mass is 9.90. The van der Waals surface area contributed by atoms with Crippen molar-refractivity contribution in [2.24, 2.45) is 4.99 Å². The number of nitrogens with zero attached hydrogens (tertiary/aromatic N) is 1. The zero-order valence-electron chi connectivity index (χ0n) is 16.2. The average molecular weight is 510 g/mol. The van der Waals surface area contributed by atoms with E-state index in [1.807, 2.05) is 25.1 Å². The SMILES string of the molecule is CCNC(=NCc1ccc(SC)cc1)NCC1CC(=O)Nc2ccccc21.I. The first-order valence-electron chi connectivity index (χ1n) is 9.23. The van der Waals surface area contributed by atoms with E-state index >= 15 is 0 Å². The van der Waals surface area contributed by atoms with Crippen molar-refractivity contribution in [3.8, 4) is 0 Å². The van der Waals surface area contributed by atoms with Crippen LogP contribution in [0.15, 0.2) is 58.4 Å². The van der Waals surface area contributed by atoms with Crippen LogP contribution in [0.3, 0.4) is 0 Å². The molecular formula is C21H27IN4OS. The van der Waals surface area contributed by atoms with Crippen molar-refractivity contribution in [1.29, 1.82) is 0 Å². The highest BCUT2D eigenvalue weighted by atomic mass is 127. The first-order valence-corrected chi connectivity index (χ1v) is 10.5. The van der Waals surface area contributed by atoms with Gasteiger partial charge in [-0.15, -0.1) is 35.7 Å². The van der Waals surface area contributed by atoms with Gasteiger partial charge in [-0.05, 0) is 42.5 Å². The molecule has 28 heavy (non-hydrogen) atoms. The maximum absolute atomic E-state index is 12.0. The highest BCUT2D eigenvalue weighted by molar-refractivity contribution is 14.0. The number of fused-ring (bicyclic) bond motifs is 1. The van der Waals surface area contributed by atoms with Crippen LogP contribution in [-0.2, 0) is 11.3 Å². The van der Waals surface area contributed by atoms with Crippen molar-refractivity contribution in [2.75, 3.05) is 24.7 Å². The van der Waals surface area contributed by atoms with E-state index in [0.29, 0.717) is 19.5 Å². The van der Waals surface area contributed by atoms with Gasteiger partial charge in [0.05, 0.1) is 6.54 Å². The minimum absolute atomic E-state index is 0. The summed E-state index contributed by atoms with van der Waals surface area (Å²) >= 11 is 1.74. The molecule has 1 aliphatic rings. The number of hydrogen-bond donors (Lipinski definition) is 3. The number of para-hydroxylation sites is 1. The predicted molar refractivity (Wildman–Crippen MR) is 129 cm³/mol. The molecule has 0 aliphatic carbocycles. The fraction of sp³-hybridized carbons (Fsp3) is 0.333. The van der Waals surface area contributed by atoms with E-state index in [2.05, 4.69) is 57.5 Å². The monoisotopic (exact) mass is 510 g/mol. The Balaban J connectivity index is 0.00000280. The van der Waals surface area contributed by atoms with Gasteiger partial charge >= 0.3 is 0 Å². The van der Waals surface area contributed by atoms with Gasteiger partial charge < -0.3 is 16.0 Å². The van der Waals surface area contributed by atoms with Crippen molar-refractivity contribution >= 4 is 53.3 Å². The number of anilines is 1. The molecule has 150 valence electrons. The molecule has 0 saturated heterocycles. The van der Waals surface area contributed by atoms with Gasteiger partial charge in [0.2, 0.25) is 5.91 Å². The number of carbonyl (C=O) groups is 1. The second-order valence-corrected chi connectivity index (χ2v) is 7.34. The third-order valence-electron chi connectivity index (χ3n) is 4.55. The predicted octanol–water partition coefficient (Wildman–Crippen LogP) is 4.21. The largest absolute Gasteiger partial charge is 0.357 e. The topological polar surface area (TPSA) is 65.5 Å². The summed E-state index contributed by atoms with van der Waals surface area (Å²) in [5.41, 5.74) is 3.26. The number of nitrogens with one attached hydrogen (secondary N) is 3. The van der Waals surface area contributed by atoms with Crippen LogP contribution in [-0.4, -0.2) is 31.2 Å². The lowest BCUT2D eigenvalue weighted by molar-refractivity contribution is -0.116. The maximum atomic E-state index is 12.0. The Morgan fingerprint density at radius 2 is 1.93 bits per heavy atom. The van der Waals surface area contributed by atoms with Crippen molar-refractivity contribution in [3.63, 3.8) is 0 Å². The van der Waals surface area contributed by atoms with Gasteiger partial charge in [0.1, 0.15) is 0 Å². The summed E-state index contributed by atoms with van der Waals surface area (Å²) < 4.78 is 0. The summed E-state index contributed by atoms with van der Waals surface area (Å²) in [5, 5.41) is 9.63. The molecule has 0 radical (unpaired) electrons. The Kier molecular flexibility index (Phi) is 9.11. The highest BCUT2D eigenvalue weighted by Gasteiger charge is 2.24. The lowest BCUT2D eigenvalue weighted by Gasteiger charge is -2.26. The highest BCUT2D eigenvalue weighted by Crippen LogP contribution is 2.31. The Morgan fingerprint density at radius 1 is 1.18 bits per heavy atom. The summed E-state index contributed by atoms with van der Waals surface area (Å²) in [6, 6.07) is 16.5. The summed E-state index contributed by atoms with van der Waals surface area (Å²) in [4.78, 5) is 17.9. The molecule has 7 heteroatoms. The van der Waals surface area contributed by atoms with Gasteiger partial charge in [-0.25, -0.2) is 4.99 Å². The van der Waals surface area contributed by atoms with E-state index in [1.54, 1.807) is 11.8 Å². The van der Waals surface area contributed by atoms with E-state index in [-0.39, 0.29) is 35.8 Å².